The van der Waals surface area contributed by atoms with Gasteiger partial charge in [0.25, 0.3) is 0 Å². The fourth-order valence-corrected chi connectivity index (χ4v) is 6.67. The number of benzene rings is 1. The standard InChI is InChI=1S/C24H35NO3/c1-15(7-17-5-6-21(27-3)22(11-17)28-4)23(26)25-16(2)24-12-18-8-19(13-24)10-20(9-18)14-24/h5-6,11,15-16,18-20H,7-10,12-14H2,1-4H3,(H,25,26). The summed E-state index contributed by atoms with van der Waals surface area (Å²) in [5, 5.41) is 3.41. The molecule has 1 amide bonds. The van der Waals surface area contributed by atoms with Crippen molar-refractivity contribution in [3.63, 3.8) is 0 Å². The molecule has 2 atom stereocenters. The summed E-state index contributed by atoms with van der Waals surface area (Å²) < 4.78 is 10.7. The molecule has 4 nitrogen and oxygen atoms in total. The van der Waals surface area contributed by atoms with Gasteiger partial charge in [0.2, 0.25) is 5.91 Å². The Morgan fingerprint density at radius 3 is 2.14 bits per heavy atom. The largest absolute Gasteiger partial charge is 0.493 e. The smallest absolute Gasteiger partial charge is 0.223 e. The van der Waals surface area contributed by atoms with Crippen LogP contribution in [0.2, 0.25) is 0 Å². The lowest BCUT2D eigenvalue weighted by atomic mass is 9.48. The highest BCUT2D eigenvalue weighted by molar-refractivity contribution is 5.79. The monoisotopic (exact) mass is 385 g/mol. The highest BCUT2D eigenvalue weighted by Crippen LogP contribution is 2.61. The van der Waals surface area contributed by atoms with E-state index in [-0.39, 0.29) is 17.9 Å². The molecule has 28 heavy (non-hydrogen) atoms. The van der Waals surface area contributed by atoms with Gasteiger partial charge in [-0.1, -0.05) is 13.0 Å². The Labute approximate surface area is 169 Å². The lowest BCUT2D eigenvalue weighted by Gasteiger charge is -2.59. The van der Waals surface area contributed by atoms with E-state index in [9.17, 15) is 4.79 Å². The third-order valence-corrected chi connectivity index (χ3v) is 7.80. The second kappa shape index (κ2) is 7.61. The summed E-state index contributed by atoms with van der Waals surface area (Å²) in [4.78, 5) is 13.0. The van der Waals surface area contributed by atoms with Crippen LogP contribution in [0.3, 0.4) is 0 Å². The number of carbonyl (C=O) groups excluding carboxylic acids is 1. The Hall–Kier alpha value is -1.71. The predicted molar refractivity (Wildman–Crippen MR) is 111 cm³/mol. The highest BCUT2D eigenvalue weighted by atomic mass is 16.5. The summed E-state index contributed by atoms with van der Waals surface area (Å²) in [6.45, 7) is 4.28. The zero-order chi connectivity index (χ0) is 19.9. The maximum atomic E-state index is 13.0. The Bertz CT molecular complexity index is 693. The number of nitrogens with one attached hydrogen (secondary N) is 1. The van der Waals surface area contributed by atoms with E-state index in [0.29, 0.717) is 11.8 Å². The molecule has 0 heterocycles. The van der Waals surface area contributed by atoms with Gasteiger partial charge in [-0.3, -0.25) is 4.79 Å². The van der Waals surface area contributed by atoms with Crippen molar-refractivity contribution in [1.82, 2.24) is 5.32 Å². The van der Waals surface area contributed by atoms with Crippen LogP contribution in [-0.2, 0) is 11.2 Å². The molecule has 0 spiro atoms. The molecule has 154 valence electrons. The van der Waals surface area contributed by atoms with E-state index >= 15 is 0 Å². The molecule has 4 heteroatoms. The molecule has 2 unspecified atom stereocenters. The van der Waals surface area contributed by atoms with E-state index in [2.05, 4.69) is 12.2 Å². The van der Waals surface area contributed by atoms with Crippen molar-refractivity contribution in [2.24, 2.45) is 29.1 Å². The maximum Gasteiger partial charge on any atom is 0.223 e. The van der Waals surface area contributed by atoms with Crippen LogP contribution in [0.1, 0.15) is 57.9 Å². The van der Waals surface area contributed by atoms with Gasteiger partial charge in [-0.05, 0) is 92.7 Å². The van der Waals surface area contributed by atoms with Crippen LogP contribution in [-0.4, -0.2) is 26.2 Å². The zero-order valence-electron chi connectivity index (χ0n) is 17.8. The van der Waals surface area contributed by atoms with E-state index in [1.165, 1.54) is 38.5 Å². The second-order valence-electron chi connectivity index (χ2n) is 9.80. The number of hydrogen-bond acceptors (Lipinski definition) is 3. The molecular formula is C24H35NO3. The molecule has 1 aromatic rings. The molecule has 4 saturated carbocycles. The maximum absolute atomic E-state index is 13.0. The van der Waals surface area contributed by atoms with E-state index in [4.69, 9.17) is 9.47 Å². The summed E-state index contributed by atoms with van der Waals surface area (Å²) in [5.41, 5.74) is 1.45. The first kappa shape index (κ1) is 19.6. The minimum atomic E-state index is -0.0607. The molecule has 4 fully saturated rings. The number of ether oxygens (including phenoxy) is 2. The minimum absolute atomic E-state index is 0.0607. The molecule has 4 aliphatic carbocycles. The van der Waals surface area contributed by atoms with Gasteiger partial charge in [-0.2, -0.15) is 0 Å². The minimum Gasteiger partial charge on any atom is -0.493 e. The van der Waals surface area contributed by atoms with Crippen LogP contribution in [0.4, 0.5) is 0 Å². The average Bonchev–Trinajstić information content (AvgIpc) is 2.66. The van der Waals surface area contributed by atoms with Crippen LogP contribution in [0.15, 0.2) is 18.2 Å². The molecule has 1 aromatic carbocycles. The Morgan fingerprint density at radius 1 is 1.04 bits per heavy atom. The lowest BCUT2D eigenvalue weighted by molar-refractivity contribution is -0.129. The van der Waals surface area contributed by atoms with E-state index in [1.54, 1.807) is 14.2 Å². The molecule has 0 saturated heterocycles. The summed E-state index contributed by atoms with van der Waals surface area (Å²) in [6.07, 6.45) is 9.00. The van der Waals surface area contributed by atoms with Crippen LogP contribution < -0.4 is 14.8 Å². The van der Waals surface area contributed by atoms with Gasteiger partial charge in [0.1, 0.15) is 0 Å². The van der Waals surface area contributed by atoms with Crippen molar-refractivity contribution in [1.29, 1.82) is 0 Å². The lowest BCUT2D eigenvalue weighted by Crippen LogP contribution is -2.56. The first-order valence-corrected chi connectivity index (χ1v) is 10.9. The summed E-state index contributed by atoms with van der Waals surface area (Å²) in [7, 11) is 3.28. The number of carbonyl (C=O) groups is 1. The predicted octanol–water partition coefficient (Wildman–Crippen LogP) is 4.60. The fraction of sp³-hybridized carbons (Fsp3) is 0.708. The number of hydrogen-bond donors (Lipinski definition) is 1. The third kappa shape index (κ3) is 3.62. The Kier molecular flexibility index (Phi) is 5.32. The molecular weight excluding hydrogens is 350 g/mol. The zero-order valence-corrected chi connectivity index (χ0v) is 17.8. The molecule has 4 bridgehead atoms. The van der Waals surface area contributed by atoms with Gasteiger partial charge in [0.05, 0.1) is 14.2 Å². The Morgan fingerprint density at radius 2 is 1.61 bits per heavy atom. The summed E-state index contributed by atoms with van der Waals surface area (Å²) in [5.74, 6) is 4.29. The molecule has 0 aliphatic heterocycles. The average molecular weight is 386 g/mol. The summed E-state index contributed by atoms with van der Waals surface area (Å²) in [6, 6.07) is 6.19. The third-order valence-electron chi connectivity index (χ3n) is 7.80. The van der Waals surface area contributed by atoms with Gasteiger partial charge in [-0.15, -0.1) is 0 Å². The fourth-order valence-electron chi connectivity index (χ4n) is 6.67. The highest BCUT2D eigenvalue weighted by Gasteiger charge is 2.53. The number of rotatable bonds is 7. The van der Waals surface area contributed by atoms with Crippen molar-refractivity contribution in [3.8, 4) is 11.5 Å². The SMILES string of the molecule is COc1ccc(CC(C)C(=O)NC(C)C23CC4CC(CC(C4)C2)C3)cc1OC. The van der Waals surface area contributed by atoms with Crippen LogP contribution >= 0.6 is 0 Å². The van der Waals surface area contributed by atoms with E-state index in [0.717, 1.165) is 34.8 Å². The van der Waals surface area contributed by atoms with Gasteiger partial charge in [0.15, 0.2) is 11.5 Å². The van der Waals surface area contributed by atoms with E-state index in [1.807, 2.05) is 25.1 Å². The molecule has 0 aromatic heterocycles. The topological polar surface area (TPSA) is 47.6 Å². The Balaban J connectivity index is 1.38. The summed E-state index contributed by atoms with van der Waals surface area (Å²) >= 11 is 0. The van der Waals surface area contributed by atoms with Gasteiger partial charge in [-0.25, -0.2) is 0 Å². The normalized spacial score (nSPS) is 32.6. The van der Waals surface area contributed by atoms with Gasteiger partial charge >= 0.3 is 0 Å². The van der Waals surface area contributed by atoms with Crippen LogP contribution in [0.25, 0.3) is 0 Å². The molecule has 5 rings (SSSR count). The molecule has 1 N–H and O–H groups in total. The van der Waals surface area contributed by atoms with Crippen molar-refractivity contribution < 1.29 is 14.3 Å². The second-order valence-corrected chi connectivity index (χ2v) is 9.80. The number of amides is 1. The van der Waals surface area contributed by atoms with Crippen molar-refractivity contribution >= 4 is 5.91 Å². The van der Waals surface area contributed by atoms with Crippen molar-refractivity contribution in [2.45, 2.75) is 64.8 Å². The van der Waals surface area contributed by atoms with Crippen molar-refractivity contribution in [2.75, 3.05) is 14.2 Å². The quantitative estimate of drug-likeness (QED) is 0.746. The van der Waals surface area contributed by atoms with E-state index < -0.39 is 0 Å². The first-order chi connectivity index (χ1) is 13.4. The van der Waals surface area contributed by atoms with Crippen molar-refractivity contribution in [3.05, 3.63) is 23.8 Å². The van der Waals surface area contributed by atoms with Gasteiger partial charge in [0, 0.05) is 12.0 Å². The first-order valence-electron chi connectivity index (χ1n) is 10.9. The van der Waals surface area contributed by atoms with Crippen LogP contribution in [0.5, 0.6) is 11.5 Å². The molecule has 4 aliphatic rings. The van der Waals surface area contributed by atoms with Crippen LogP contribution in [0, 0.1) is 29.1 Å². The molecule has 0 radical (unpaired) electrons. The van der Waals surface area contributed by atoms with Gasteiger partial charge < -0.3 is 14.8 Å². The number of methoxy groups -OCH3 is 2.